The van der Waals surface area contributed by atoms with Gasteiger partial charge in [-0.2, -0.15) is 0 Å². The summed E-state index contributed by atoms with van der Waals surface area (Å²) in [6.07, 6.45) is 2.27. The Balaban J connectivity index is 2.01. The number of benzene rings is 1. The highest BCUT2D eigenvalue weighted by atomic mass is 16.6. The highest BCUT2D eigenvalue weighted by Gasteiger charge is 2.42. The molecule has 1 saturated carbocycles. The molecule has 0 spiro atoms. The van der Waals surface area contributed by atoms with Gasteiger partial charge in [-0.15, -0.1) is 0 Å². The summed E-state index contributed by atoms with van der Waals surface area (Å²) >= 11 is 0. The van der Waals surface area contributed by atoms with Gasteiger partial charge < -0.3 is 19.3 Å². The lowest BCUT2D eigenvalue weighted by molar-refractivity contribution is 0.141. The molecule has 1 fully saturated rings. The Morgan fingerprint density at radius 3 is 2.76 bits per heavy atom. The Labute approximate surface area is 100 Å². The number of fused-ring (bicyclic) bond motifs is 1. The van der Waals surface area contributed by atoms with Crippen LogP contribution in [-0.2, 0) is 6.42 Å². The molecular weight excluding hydrogens is 220 g/mol. The van der Waals surface area contributed by atoms with Crippen LogP contribution in [-0.4, -0.2) is 31.0 Å². The summed E-state index contributed by atoms with van der Waals surface area (Å²) in [5.41, 5.74) is 0.355. The molecule has 92 valence electrons. The highest BCUT2D eigenvalue weighted by Crippen LogP contribution is 2.46. The molecule has 0 bridgehead atoms. The molecule has 1 aromatic carbocycles. The lowest BCUT2D eigenvalue weighted by Gasteiger charge is -2.23. The molecule has 4 heteroatoms. The van der Waals surface area contributed by atoms with Crippen molar-refractivity contribution < 1.29 is 19.3 Å². The average molecular weight is 236 g/mol. The molecule has 1 aliphatic carbocycles. The van der Waals surface area contributed by atoms with Gasteiger partial charge in [0.05, 0.1) is 12.7 Å². The average Bonchev–Trinajstić information content (AvgIpc) is 3.08. The van der Waals surface area contributed by atoms with Gasteiger partial charge in [-0.3, -0.25) is 0 Å². The van der Waals surface area contributed by atoms with Crippen LogP contribution in [0.3, 0.4) is 0 Å². The largest absolute Gasteiger partial charge is 0.496 e. The zero-order valence-corrected chi connectivity index (χ0v) is 9.86. The van der Waals surface area contributed by atoms with Gasteiger partial charge in [0.2, 0.25) is 0 Å². The summed E-state index contributed by atoms with van der Waals surface area (Å²) in [7, 11) is 1.63. The predicted octanol–water partition coefficient (Wildman–Crippen LogP) is 1.53. The molecule has 0 atom stereocenters. The van der Waals surface area contributed by atoms with Crippen molar-refractivity contribution in [2.45, 2.75) is 24.9 Å². The van der Waals surface area contributed by atoms with E-state index in [9.17, 15) is 5.11 Å². The maximum absolute atomic E-state index is 10.1. The molecule has 1 heterocycles. The minimum absolute atomic E-state index is 0.547. The zero-order valence-electron chi connectivity index (χ0n) is 9.86. The molecule has 0 amide bonds. The van der Waals surface area contributed by atoms with Crippen molar-refractivity contribution in [3.63, 3.8) is 0 Å². The summed E-state index contributed by atoms with van der Waals surface area (Å²) in [5.74, 6) is 2.24. The summed E-state index contributed by atoms with van der Waals surface area (Å²) in [6, 6.07) is 3.72. The number of ether oxygens (including phenoxy) is 3. The fourth-order valence-electron chi connectivity index (χ4n) is 2.16. The van der Waals surface area contributed by atoms with Crippen molar-refractivity contribution in [1.82, 2.24) is 0 Å². The summed E-state index contributed by atoms with van der Waals surface area (Å²) in [4.78, 5) is 0. The first-order valence-electron chi connectivity index (χ1n) is 5.90. The van der Waals surface area contributed by atoms with Gasteiger partial charge in [0.15, 0.2) is 11.5 Å². The Kier molecular flexibility index (Phi) is 2.40. The van der Waals surface area contributed by atoms with E-state index < -0.39 is 5.60 Å². The van der Waals surface area contributed by atoms with Gasteiger partial charge in [-0.05, 0) is 25.0 Å². The number of rotatable bonds is 3. The Hall–Kier alpha value is -1.42. The minimum atomic E-state index is -0.566. The molecule has 0 radical (unpaired) electrons. The normalized spacial score (nSPS) is 19.9. The molecular formula is C13H16O4. The van der Waals surface area contributed by atoms with Crippen molar-refractivity contribution in [2.75, 3.05) is 20.3 Å². The van der Waals surface area contributed by atoms with Crippen LogP contribution in [0.5, 0.6) is 17.2 Å². The lowest BCUT2D eigenvalue weighted by Crippen LogP contribution is -2.19. The summed E-state index contributed by atoms with van der Waals surface area (Å²) < 4.78 is 16.5. The van der Waals surface area contributed by atoms with Crippen molar-refractivity contribution in [1.29, 1.82) is 0 Å². The van der Waals surface area contributed by atoms with E-state index in [1.165, 1.54) is 0 Å². The van der Waals surface area contributed by atoms with Crippen LogP contribution in [0.4, 0.5) is 0 Å². The Morgan fingerprint density at radius 2 is 2.06 bits per heavy atom. The smallest absolute Gasteiger partial charge is 0.168 e. The van der Waals surface area contributed by atoms with Crippen molar-refractivity contribution >= 4 is 0 Å². The van der Waals surface area contributed by atoms with E-state index in [0.717, 1.165) is 35.7 Å². The fraction of sp³-hybridized carbons (Fsp3) is 0.538. The topological polar surface area (TPSA) is 47.9 Å². The van der Waals surface area contributed by atoms with Gasteiger partial charge in [0, 0.05) is 12.0 Å². The second kappa shape index (κ2) is 3.81. The van der Waals surface area contributed by atoms with Crippen LogP contribution in [0.1, 0.15) is 18.4 Å². The van der Waals surface area contributed by atoms with Crippen LogP contribution in [0.25, 0.3) is 0 Å². The lowest BCUT2D eigenvalue weighted by atomic mass is 10.0. The van der Waals surface area contributed by atoms with E-state index in [0.29, 0.717) is 19.6 Å². The van der Waals surface area contributed by atoms with Gasteiger partial charge in [0.25, 0.3) is 0 Å². The van der Waals surface area contributed by atoms with Crippen molar-refractivity contribution in [2.24, 2.45) is 0 Å². The minimum Gasteiger partial charge on any atom is -0.496 e. The van der Waals surface area contributed by atoms with Gasteiger partial charge in [-0.25, -0.2) is 0 Å². The maximum Gasteiger partial charge on any atom is 0.168 e. The summed E-state index contributed by atoms with van der Waals surface area (Å²) in [6.45, 7) is 1.12. The van der Waals surface area contributed by atoms with Gasteiger partial charge in [-0.1, -0.05) is 0 Å². The Morgan fingerprint density at radius 1 is 1.29 bits per heavy atom. The van der Waals surface area contributed by atoms with E-state index in [2.05, 4.69) is 0 Å². The van der Waals surface area contributed by atoms with Crippen molar-refractivity contribution in [3.8, 4) is 17.2 Å². The van der Waals surface area contributed by atoms with Crippen LogP contribution in [0, 0.1) is 0 Å². The number of aliphatic hydroxyl groups is 1. The predicted molar refractivity (Wildman–Crippen MR) is 61.9 cm³/mol. The van der Waals surface area contributed by atoms with Gasteiger partial charge >= 0.3 is 0 Å². The van der Waals surface area contributed by atoms with Crippen LogP contribution in [0.2, 0.25) is 0 Å². The van der Waals surface area contributed by atoms with E-state index in [1.54, 1.807) is 7.11 Å². The van der Waals surface area contributed by atoms with E-state index in [1.807, 2.05) is 12.1 Å². The third-order valence-corrected chi connectivity index (χ3v) is 3.32. The molecule has 0 saturated heterocycles. The monoisotopic (exact) mass is 236 g/mol. The molecule has 0 unspecified atom stereocenters. The molecule has 2 aliphatic rings. The maximum atomic E-state index is 10.1. The van der Waals surface area contributed by atoms with E-state index in [-0.39, 0.29) is 0 Å². The second-order valence-electron chi connectivity index (χ2n) is 4.67. The number of hydrogen-bond acceptors (Lipinski definition) is 4. The third kappa shape index (κ3) is 1.93. The molecule has 3 rings (SSSR count). The number of hydrogen-bond donors (Lipinski definition) is 1. The van der Waals surface area contributed by atoms with Crippen LogP contribution in [0.15, 0.2) is 12.1 Å². The zero-order chi connectivity index (χ0) is 11.9. The molecule has 1 aliphatic heterocycles. The second-order valence-corrected chi connectivity index (χ2v) is 4.67. The molecule has 1 N–H and O–H groups in total. The van der Waals surface area contributed by atoms with Crippen molar-refractivity contribution in [3.05, 3.63) is 17.7 Å². The summed E-state index contributed by atoms with van der Waals surface area (Å²) in [5, 5.41) is 10.1. The standard InChI is InChI=1S/C13H16O4/c1-15-10-2-3-11-12(17-7-6-16-11)9(10)8-13(14)4-5-13/h2-3,14H,4-8H2,1H3. The molecule has 1 aromatic rings. The first-order valence-corrected chi connectivity index (χ1v) is 5.90. The SMILES string of the molecule is COc1ccc2c(c1CC1(O)CC1)OCCO2. The first kappa shape index (κ1) is 10.7. The fourth-order valence-corrected chi connectivity index (χ4v) is 2.16. The molecule has 4 nitrogen and oxygen atoms in total. The van der Waals surface area contributed by atoms with Gasteiger partial charge in [0.1, 0.15) is 19.0 Å². The Bertz CT molecular complexity index is 437. The quantitative estimate of drug-likeness (QED) is 0.864. The molecule has 0 aromatic heterocycles. The van der Waals surface area contributed by atoms with E-state index in [4.69, 9.17) is 14.2 Å². The highest BCUT2D eigenvalue weighted by molar-refractivity contribution is 5.55. The van der Waals surface area contributed by atoms with E-state index >= 15 is 0 Å². The first-order chi connectivity index (χ1) is 8.22. The third-order valence-electron chi connectivity index (χ3n) is 3.32. The van der Waals surface area contributed by atoms with Crippen LogP contribution < -0.4 is 14.2 Å². The number of methoxy groups -OCH3 is 1. The van der Waals surface area contributed by atoms with Crippen LogP contribution >= 0.6 is 0 Å². The molecule has 17 heavy (non-hydrogen) atoms.